The Hall–Kier alpha value is -2.93. The molecule has 0 fully saturated rings. The molecule has 0 unspecified atom stereocenters. The highest BCUT2D eigenvalue weighted by atomic mass is 19.1. The fourth-order valence-corrected chi connectivity index (χ4v) is 3.33. The van der Waals surface area contributed by atoms with Crippen molar-refractivity contribution in [2.24, 2.45) is 0 Å². The van der Waals surface area contributed by atoms with Crippen LogP contribution < -0.4 is 9.47 Å². The van der Waals surface area contributed by atoms with Crippen molar-refractivity contribution >= 4 is 5.97 Å². The number of halogens is 2. The lowest BCUT2D eigenvalue weighted by Gasteiger charge is -2.11. The van der Waals surface area contributed by atoms with Crippen LogP contribution in [0.4, 0.5) is 8.78 Å². The van der Waals surface area contributed by atoms with E-state index in [0.717, 1.165) is 44.6 Å². The van der Waals surface area contributed by atoms with Crippen LogP contribution in [0.5, 0.6) is 11.5 Å². The van der Waals surface area contributed by atoms with Gasteiger partial charge in [-0.3, -0.25) is 0 Å². The summed E-state index contributed by atoms with van der Waals surface area (Å²) in [5, 5.41) is 8.77. The number of unbranched alkanes of at least 4 members (excludes halogenated alkanes) is 6. The molecule has 2 aromatic rings. The maximum absolute atomic E-state index is 14.5. The molecule has 0 aliphatic rings. The molecule has 0 aromatic heterocycles. The second-order valence-corrected chi connectivity index (χ2v) is 7.91. The van der Waals surface area contributed by atoms with Gasteiger partial charge in [0.1, 0.15) is 5.75 Å². The summed E-state index contributed by atoms with van der Waals surface area (Å²) in [6.07, 6.45) is 7.78. The molecule has 0 spiro atoms. The maximum Gasteiger partial charge on any atom is 0.330 e. The number of ether oxygens (including phenoxy) is 3. The zero-order chi connectivity index (χ0) is 24.6. The molecule has 0 radical (unpaired) electrons. The van der Waals surface area contributed by atoms with Gasteiger partial charge in [-0.1, -0.05) is 25.1 Å². The first-order valence-corrected chi connectivity index (χ1v) is 11.8. The van der Waals surface area contributed by atoms with Crippen LogP contribution in [-0.4, -0.2) is 37.5 Å². The van der Waals surface area contributed by atoms with Crippen molar-refractivity contribution in [2.75, 3.05) is 26.4 Å². The lowest BCUT2D eigenvalue weighted by molar-refractivity contribution is -0.137. The summed E-state index contributed by atoms with van der Waals surface area (Å²) >= 11 is 0. The Bertz CT molecular complexity index is 860. The molecular weight excluding hydrogens is 442 g/mol. The van der Waals surface area contributed by atoms with E-state index in [-0.39, 0.29) is 19.0 Å². The van der Waals surface area contributed by atoms with Gasteiger partial charge in [0.2, 0.25) is 0 Å². The normalized spacial score (nSPS) is 10.7. The summed E-state index contributed by atoms with van der Waals surface area (Å²) in [6.45, 7) is 4.66. The Morgan fingerprint density at radius 1 is 0.794 bits per heavy atom. The van der Waals surface area contributed by atoms with E-state index in [9.17, 15) is 13.6 Å². The number of aliphatic hydroxyl groups excluding tert-OH is 1. The molecule has 0 saturated carbocycles. The molecule has 0 heterocycles. The Balaban J connectivity index is 1.76. The fourth-order valence-electron chi connectivity index (χ4n) is 3.33. The first-order valence-electron chi connectivity index (χ1n) is 11.8. The number of carbonyl (C=O) groups is 1. The minimum absolute atomic E-state index is 0.200. The van der Waals surface area contributed by atoms with E-state index in [1.54, 1.807) is 24.3 Å². The van der Waals surface area contributed by atoms with Crippen molar-refractivity contribution in [1.82, 2.24) is 0 Å². The van der Waals surface area contributed by atoms with Crippen molar-refractivity contribution in [3.8, 4) is 22.6 Å². The van der Waals surface area contributed by atoms with E-state index in [0.29, 0.717) is 42.9 Å². The molecule has 1 N–H and O–H groups in total. The summed E-state index contributed by atoms with van der Waals surface area (Å²) in [7, 11) is 0. The largest absolute Gasteiger partial charge is 0.494 e. The van der Waals surface area contributed by atoms with Gasteiger partial charge < -0.3 is 19.3 Å². The highest BCUT2D eigenvalue weighted by Crippen LogP contribution is 2.30. The first kappa shape index (κ1) is 27.3. The van der Waals surface area contributed by atoms with Gasteiger partial charge in [-0.2, -0.15) is 0 Å². The molecule has 0 amide bonds. The van der Waals surface area contributed by atoms with Gasteiger partial charge in [0.15, 0.2) is 17.4 Å². The third-order valence-corrected chi connectivity index (χ3v) is 5.20. The standard InChI is InChI=1S/C27H34F2O5/c1-2-26(31)33-17-9-5-6-10-18-34-27-24(28)19-22(20-25(27)29)21-11-13-23(14-12-21)32-16-8-4-3-7-15-30/h2,11-14,19-20,30H,1,3-10,15-18H2. The van der Waals surface area contributed by atoms with Crippen LogP contribution in [0.25, 0.3) is 11.1 Å². The quantitative estimate of drug-likeness (QED) is 0.167. The van der Waals surface area contributed by atoms with E-state index in [4.69, 9.17) is 19.3 Å². The zero-order valence-corrected chi connectivity index (χ0v) is 19.6. The van der Waals surface area contributed by atoms with Gasteiger partial charge in [-0.25, -0.2) is 13.6 Å². The van der Waals surface area contributed by atoms with Crippen LogP contribution in [0.15, 0.2) is 49.1 Å². The summed E-state index contributed by atoms with van der Waals surface area (Å²) in [5.74, 6) is -1.59. The Morgan fingerprint density at radius 3 is 1.94 bits per heavy atom. The van der Waals surface area contributed by atoms with Gasteiger partial charge >= 0.3 is 5.97 Å². The van der Waals surface area contributed by atoms with Gasteiger partial charge in [-0.15, -0.1) is 0 Å². The molecule has 0 bridgehead atoms. The minimum Gasteiger partial charge on any atom is -0.494 e. The summed E-state index contributed by atoms with van der Waals surface area (Å²) in [5.41, 5.74) is 1.10. The van der Waals surface area contributed by atoms with Gasteiger partial charge in [0.25, 0.3) is 0 Å². The van der Waals surface area contributed by atoms with Crippen molar-refractivity contribution in [2.45, 2.75) is 51.4 Å². The van der Waals surface area contributed by atoms with Crippen molar-refractivity contribution < 1.29 is 32.9 Å². The lowest BCUT2D eigenvalue weighted by Crippen LogP contribution is -2.03. The van der Waals surface area contributed by atoms with E-state index >= 15 is 0 Å². The average molecular weight is 477 g/mol. The van der Waals surface area contributed by atoms with Gasteiger partial charge in [0, 0.05) is 12.7 Å². The van der Waals surface area contributed by atoms with Gasteiger partial charge in [0.05, 0.1) is 19.8 Å². The number of aliphatic hydroxyl groups is 1. The van der Waals surface area contributed by atoms with Crippen molar-refractivity contribution in [3.63, 3.8) is 0 Å². The Morgan fingerprint density at radius 2 is 1.35 bits per heavy atom. The molecule has 0 atom stereocenters. The fraction of sp³-hybridized carbons (Fsp3) is 0.444. The van der Waals surface area contributed by atoms with Gasteiger partial charge in [-0.05, 0) is 80.3 Å². The highest BCUT2D eigenvalue weighted by molar-refractivity contribution is 5.81. The van der Waals surface area contributed by atoms with Crippen LogP contribution in [-0.2, 0) is 9.53 Å². The molecule has 2 aromatic carbocycles. The van der Waals surface area contributed by atoms with Crippen LogP contribution in [0, 0.1) is 11.6 Å². The van der Waals surface area contributed by atoms with Crippen molar-refractivity contribution in [1.29, 1.82) is 0 Å². The topological polar surface area (TPSA) is 65.0 Å². The molecule has 0 aliphatic carbocycles. The first-order chi connectivity index (χ1) is 16.5. The average Bonchev–Trinajstić information content (AvgIpc) is 2.84. The predicted molar refractivity (Wildman–Crippen MR) is 128 cm³/mol. The highest BCUT2D eigenvalue weighted by Gasteiger charge is 2.14. The van der Waals surface area contributed by atoms with Crippen LogP contribution in [0.3, 0.4) is 0 Å². The molecule has 34 heavy (non-hydrogen) atoms. The van der Waals surface area contributed by atoms with E-state index in [1.165, 1.54) is 12.1 Å². The summed E-state index contributed by atoms with van der Waals surface area (Å²) in [6, 6.07) is 9.63. The van der Waals surface area contributed by atoms with Crippen LogP contribution >= 0.6 is 0 Å². The Labute approximate surface area is 200 Å². The third kappa shape index (κ3) is 9.91. The smallest absolute Gasteiger partial charge is 0.330 e. The maximum atomic E-state index is 14.5. The number of rotatable bonds is 17. The molecule has 7 heteroatoms. The van der Waals surface area contributed by atoms with Crippen LogP contribution in [0.1, 0.15) is 51.4 Å². The number of hydrogen-bond acceptors (Lipinski definition) is 5. The molecule has 2 rings (SSSR count). The van der Waals surface area contributed by atoms with Crippen LogP contribution in [0.2, 0.25) is 0 Å². The molecular formula is C27H34F2O5. The third-order valence-electron chi connectivity index (χ3n) is 5.20. The number of esters is 1. The lowest BCUT2D eigenvalue weighted by atomic mass is 10.0. The summed E-state index contributed by atoms with van der Waals surface area (Å²) < 4.78 is 44.9. The van der Waals surface area contributed by atoms with E-state index in [1.807, 2.05) is 0 Å². The zero-order valence-electron chi connectivity index (χ0n) is 19.6. The monoisotopic (exact) mass is 476 g/mol. The van der Waals surface area contributed by atoms with Crippen molar-refractivity contribution in [3.05, 3.63) is 60.7 Å². The van der Waals surface area contributed by atoms with E-state index in [2.05, 4.69) is 6.58 Å². The second kappa shape index (κ2) is 15.8. The molecule has 5 nitrogen and oxygen atoms in total. The number of carbonyl (C=O) groups excluding carboxylic acids is 1. The second-order valence-electron chi connectivity index (χ2n) is 7.91. The van der Waals surface area contributed by atoms with E-state index < -0.39 is 17.6 Å². The SMILES string of the molecule is C=CC(=O)OCCCCCCOc1c(F)cc(-c2ccc(OCCCCCCO)cc2)cc1F. The summed E-state index contributed by atoms with van der Waals surface area (Å²) in [4.78, 5) is 10.9. The number of hydrogen-bond donors (Lipinski definition) is 1. The molecule has 0 aliphatic heterocycles. The molecule has 0 saturated heterocycles. The predicted octanol–water partition coefficient (Wildman–Crippen LogP) is 6.23. The number of benzene rings is 2. The minimum atomic E-state index is -0.741. The Kier molecular flexibility index (Phi) is 12.7. The molecule has 186 valence electrons.